The summed E-state index contributed by atoms with van der Waals surface area (Å²) in [5.74, 6) is -0.724. The Bertz CT molecular complexity index is 392. The molecule has 0 radical (unpaired) electrons. The quantitative estimate of drug-likeness (QED) is 0.766. The van der Waals surface area contributed by atoms with E-state index in [0.717, 1.165) is 6.20 Å². The van der Waals surface area contributed by atoms with Gasteiger partial charge in [-0.2, -0.15) is 13.2 Å². The molecule has 18 heavy (non-hydrogen) atoms. The maximum atomic E-state index is 11.7. The molecule has 1 aromatic heterocycles. The fraction of sp³-hybridized carbons (Fsp3) is 0.400. The van der Waals surface area contributed by atoms with Crippen LogP contribution in [0.3, 0.4) is 0 Å². The number of nitrogens with one attached hydrogen (secondary N) is 1. The number of carbonyl (C=O) groups is 1. The van der Waals surface area contributed by atoms with Gasteiger partial charge in [0.2, 0.25) is 0 Å². The van der Waals surface area contributed by atoms with Gasteiger partial charge in [0, 0.05) is 12.7 Å². The number of carboxylic acids is 1. The smallest absolute Gasteiger partial charge is 0.411 e. The van der Waals surface area contributed by atoms with E-state index in [4.69, 9.17) is 5.11 Å². The van der Waals surface area contributed by atoms with Gasteiger partial charge in [-0.1, -0.05) is 0 Å². The first-order valence-electron chi connectivity index (χ1n) is 4.96. The van der Waals surface area contributed by atoms with Gasteiger partial charge in [-0.25, -0.2) is 9.78 Å². The van der Waals surface area contributed by atoms with Gasteiger partial charge < -0.3 is 15.2 Å². The minimum Gasteiger partial charge on any atom is -0.478 e. The number of pyridine rings is 1. The normalized spacial score (nSPS) is 11.3. The number of hydrogen-bond acceptors (Lipinski definition) is 4. The highest BCUT2D eigenvalue weighted by molar-refractivity contribution is 5.87. The lowest BCUT2D eigenvalue weighted by atomic mass is 10.3. The van der Waals surface area contributed by atoms with E-state index in [1.165, 1.54) is 12.1 Å². The number of aromatic nitrogens is 1. The SMILES string of the molecule is O=C(O)c1ccc(NCCOCC(F)(F)F)nc1. The fourth-order valence-electron chi connectivity index (χ4n) is 1.06. The third-order valence-electron chi connectivity index (χ3n) is 1.83. The van der Waals surface area contributed by atoms with Crippen LogP contribution in [0, 0.1) is 0 Å². The molecule has 0 aliphatic carbocycles. The standard InChI is InChI=1S/C10H11F3N2O3/c11-10(12,13)6-18-4-3-14-8-2-1-7(5-15-8)9(16)17/h1-2,5H,3-4,6H2,(H,14,15)(H,16,17). The lowest BCUT2D eigenvalue weighted by molar-refractivity contribution is -0.172. The highest BCUT2D eigenvalue weighted by atomic mass is 19.4. The molecule has 0 spiro atoms. The third-order valence-corrected chi connectivity index (χ3v) is 1.83. The van der Waals surface area contributed by atoms with Crippen molar-refractivity contribution < 1.29 is 27.8 Å². The molecule has 0 fully saturated rings. The maximum absolute atomic E-state index is 11.7. The summed E-state index contributed by atoms with van der Waals surface area (Å²) in [7, 11) is 0. The van der Waals surface area contributed by atoms with Crippen molar-refractivity contribution in [3.8, 4) is 0 Å². The summed E-state index contributed by atoms with van der Waals surface area (Å²) in [6, 6.07) is 2.77. The van der Waals surface area contributed by atoms with Gasteiger partial charge in [-0.15, -0.1) is 0 Å². The molecule has 2 N–H and O–H groups in total. The van der Waals surface area contributed by atoms with Crippen molar-refractivity contribution in [2.24, 2.45) is 0 Å². The average Bonchev–Trinajstić information content (AvgIpc) is 2.27. The van der Waals surface area contributed by atoms with Gasteiger partial charge in [0.05, 0.1) is 12.2 Å². The molecule has 0 saturated heterocycles. The lowest BCUT2D eigenvalue weighted by Gasteiger charge is -2.08. The van der Waals surface area contributed by atoms with E-state index >= 15 is 0 Å². The Morgan fingerprint density at radius 3 is 2.67 bits per heavy atom. The summed E-state index contributed by atoms with van der Waals surface area (Å²) in [5.41, 5.74) is 0.0360. The van der Waals surface area contributed by atoms with Crippen molar-refractivity contribution in [2.45, 2.75) is 6.18 Å². The van der Waals surface area contributed by atoms with Crippen molar-refractivity contribution in [1.29, 1.82) is 0 Å². The van der Waals surface area contributed by atoms with Crippen LogP contribution >= 0.6 is 0 Å². The Labute approximate surface area is 101 Å². The molecule has 1 heterocycles. The summed E-state index contributed by atoms with van der Waals surface area (Å²) >= 11 is 0. The molecular weight excluding hydrogens is 253 g/mol. The first kappa shape index (κ1) is 14.2. The van der Waals surface area contributed by atoms with E-state index in [2.05, 4.69) is 15.0 Å². The number of alkyl halides is 3. The van der Waals surface area contributed by atoms with Crippen LogP contribution in [0.25, 0.3) is 0 Å². The second-order valence-electron chi connectivity index (χ2n) is 3.33. The number of rotatable bonds is 6. The zero-order valence-electron chi connectivity index (χ0n) is 9.20. The van der Waals surface area contributed by atoms with Crippen LogP contribution in [-0.2, 0) is 4.74 Å². The van der Waals surface area contributed by atoms with Crippen LogP contribution in [-0.4, -0.2) is 42.0 Å². The number of halogens is 3. The topological polar surface area (TPSA) is 71.5 Å². The molecule has 0 aromatic carbocycles. The molecule has 0 saturated carbocycles. The first-order chi connectivity index (χ1) is 8.38. The maximum Gasteiger partial charge on any atom is 0.411 e. The van der Waals surface area contributed by atoms with Gasteiger partial charge in [0.25, 0.3) is 0 Å². The van der Waals surface area contributed by atoms with Crippen molar-refractivity contribution in [3.63, 3.8) is 0 Å². The summed E-state index contributed by atoms with van der Waals surface area (Å²) in [4.78, 5) is 14.3. The number of hydrogen-bond donors (Lipinski definition) is 2. The lowest BCUT2D eigenvalue weighted by Crippen LogP contribution is -2.20. The fourth-order valence-corrected chi connectivity index (χ4v) is 1.06. The number of anilines is 1. The molecule has 100 valence electrons. The molecule has 8 heteroatoms. The van der Waals surface area contributed by atoms with Crippen LogP contribution in [0.1, 0.15) is 10.4 Å². The number of ether oxygens (including phenoxy) is 1. The van der Waals surface area contributed by atoms with Gasteiger partial charge >= 0.3 is 12.1 Å². The molecule has 0 unspecified atom stereocenters. The van der Waals surface area contributed by atoms with E-state index in [0.29, 0.717) is 5.82 Å². The third kappa shape index (κ3) is 5.48. The molecule has 0 atom stereocenters. The van der Waals surface area contributed by atoms with Crippen LogP contribution < -0.4 is 5.32 Å². The Morgan fingerprint density at radius 2 is 2.17 bits per heavy atom. The molecule has 0 bridgehead atoms. The molecular formula is C10H11F3N2O3. The van der Waals surface area contributed by atoms with Gasteiger partial charge in [0.15, 0.2) is 0 Å². The molecule has 1 rings (SSSR count). The van der Waals surface area contributed by atoms with E-state index in [1.807, 2.05) is 0 Å². The Kier molecular flexibility index (Phi) is 4.90. The predicted molar refractivity (Wildman–Crippen MR) is 56.6 cm³/mol. The van der Waals surface area contributed by atoms with Gasteiger partial charge in [-0.3, -0.25) is 0 Å². The van der Waals surface area contributed by atoms with Crippen molar-refractivity contribution in [3.05, 3.63) is 23.9 Å². The molecule has 0 aliphatic rings. The Hall–Kier alpha value is -1.83. The van der Waals surface area contributed by atoms with Crippen LogP contribution in [0.15, 0.2) is 18.3 Å². The zero-order valence-corrected chi connectivity index (χ0v) is 9.20. The highest BCUT2D eigenvalue weighted by Crippen LogP contribution is 2.14. The largest absolute Gasteiger partial charge is 0.478 e. The van der Waals surface area contributed by atoms with Crippen LogP contribution in [0.4, 0.5) is 19.0 Å². The van der Waals surface area contributed by atoms with Crippen molar-refractivity contribution in [2.75, 3.05) is 25.1 Å². The van der Waals surface area contributed by atoms with Crippen molar-refractivity contribution >= 4 is 11.8 Å². The first-order valence-corrected chi connectivity index (χ1v) is 4.96. The summed E-state index contributed by atoms with van der Waals surface area (Å²) in [6.45, 7) is -1.27. The molecule has 1 aromatic rings. The number of carboxylic acid groups (broad SMARTS) is 1. The van der Waals surface area contributed by atoms with Crippen LogP contribution in [0.2, 0.25) is 0 Å². The van der Waals surface area contributed by atoms with Gasteiger partial charge in [-0.05, 0) is 12.1 Å². The Morgan fingerprint density at radius 1 is 1.44 bits per heavy atom. The monoisotopic (exact) mass is 264 g/mol. The average molecular weight is 264 g/mol. The minimum absolute atomic E-state index is 0.0360. The number of aromatic carboxylic acids is 1. The zero-order chi connectivity index (χ0) is 13.6. The highest BCUT2D eigenvalue weighted by Gasteiger charge is 2.27. The second-order valence-corrected chi connectivity index (χ2v) is 3.33. The van der Waals surface area contributed by atoms with E-state index in [-0.39, 0.29) is 18.7 Å². The van der Waals surface area contributed by atoms with Crippen molar-refractivity contribution in [1.82, 2.24) is 4.98 Å². The summed E-state index contributed by atoms with van der Waals surface area (Å²) in [5, 5.41) is 11.3. The van der Waals surface area contributed by atoms with E-state index in [9.17, 15) is 18.0 Å². The predicted octanol–water partition coefficient (Wildman–Crippen LogP) is 1.77. The van der Waals surface area contributed by atoms with E-state index in [1.54, 1.807) is 0 Å². The summed E-state index contributed by atoms with van der Waals surface area (Å²) in [6.07, 6.45) is -3.18. The molecule has 0 amide bonds. The van der Waals surface area contributed by atoms with Gasteiger partial charge in [0.1, 0.15) is 12.4 Å². The van der Waals surface area contributed by atoms with Crippen LogP contribution in [0.5, 0.6) is 0 Å². The second kappa shape index (κ2) is 6.20. The molecule has 0 aliphatic heterocycles. The summed E-state index contributed by atoms with van der Waals surface area (Å²) < 4.78 is 39.5. The minimum atomic E-state index is -4.33. The number of nitrogens with zero attached hydrogens (tertiary/aromatic N) is 1. The Balaban J connectivity index is 2.25. The molecule has 5 nitrogen and oxygen atoms in total. The van der Waals surface area contributed by atoms with E-state index < -0.39 is 18.8 Å².